The van der Waals surface area contributed by atoms with Crippen LogP contribution in [-0.4, -0.2) is 24.7 Å². The summed E-state index contributed by atoms with van der Waals surface area (Å²) in [6.07, 6.45) is -0.850. The standard InChI is InChI=1S/C19H17NO5/c1-24-13-7-8-14-15(21)10-18(25-17(14)9-13)19(23)20-11-16(22)12-5-3-2-4-6-12/h2-10,16,22H,11H2,1H3,(H,20,23). The molecule has 0 aliphatic carbocycles. The number of rotatable bonds is 5. The molecule has 25 heavy (non-hydrogen) atoms. The van der Waals surface area contributed by atoms with E-state index in [2.05, 4.69) is 5.32 Å². The van der Waals surface area contributed by atoms with Crippen LogP contribution in [0.25, 0.3) is 11.0 Å². The Labute approximate surface area is 143 Å². The quantitative estimate of drug-likeness (QED) is 0.744. The number of aliphatic hydroxyl groups excluding tert-OH is 1. The van der Waals surface area contributed by atoms with E-state index in [1.54, 1.807) is 42.5 Å². The van der Waals surface area contributed by atoms with Crippen molar-refractivity contribution in [1.29, 1.82) is 0 Å². The number of carbonyl (C=O) groups is 1. The molecule has 3 aromatic rings. The molecule has 1 aromatic heterocycles. The summed E-state index contributed by atoms with van der Waals surface area (Å²) in [6, 6.07) is 14.9. The van der Waals surface area contributed by atoms with Gasteiger partial charge in [0, 0.05) is 18.7 Å². The summed E-state index contributed by atoms with van der Waals surface area (Å²) in [7, 11) is 1.50. The van der Waals surface area contributed by atoms with Crippen LogP contribution in [0.3, 0.4) is 0 Å². The third-order valence-electron chi connectivity index (χ3n) is 3.80. The van der Waals surface area contributed by atoms with Crippen molar-refractivity contribution < 1.29 is 19.1 Å². The van der Waals surface area contributed by atoms with Crippen LogP contribution < -0.4 is 15.5 Å². The van der Waals surface area contributed by atoms with Crippen molar-refractivity contribution >= 4 is 16.9 Å². The minimum absolute atomic E-state index is 0.00268. The monoisotopic (exact) mass is 339 g/mol. The van der Waals surface area contributed by atoms with Crippen LogP contribution in [-0.2, 0) is 0 Å². The summed E-state index contributed by atoms with van der Waals surface area (Å²) >= 11 is 0. The van der Waals surface area contributed by atoms with Crippen molar-refractivity contribution in [3.05, 3.63) is 76.1 Å². The predicted octanol–water partition coefficient (Wildman–Crippen LogP) is 2.27. The van der Waals surface area contributed by atoms with Crippen LogP contribution in [0.2, 0.25) is 0 Å². The SMILES string of the molecule is COc1ccc2c(=O)cc(C(=O)NCC(O)c3ccccc3)oc2c1. The van der Waals surface area contributed by atoms with Crippen LogP contribution >= 0.6 is 0 Å². The average Bonchev–Trinajstić information content (AvgIpc) is 2.65. The highest BCUT2D eigenvalue weighted by Crippen LogP contribution is 2.19. The van der Waals surface area contributed by atoms with Gasteiger partial charge in [-0.15, -0.1) is 0 Å². The molecule has 2 aromatic carbocycles. The molecule has 0 saturated heterocycles. The maximum atomic E-state index is 12.2. The van der Waals surface area contributed by atoms with Crippen LogP contribution in [0.1, 0.15) is 22.2 Å². The van der Waals surface area contributed by atoms with E-state index in [9.17, 15) is 14.7 Å². The molecule has 6 heteroatoms. The molecule has 1 amide bonds. The fourth-order valence-electron chi connectivity index (χ4n) is 2.44. The van der Waals surface area contributed by atoms with Crippen molar-refractivity contribution in [1.82, 2.24) is 5.32 Å². The lowest BCUT2D eigenvalue weighted by Gasteiger charge is -2.12. The van der Waals surface area contributed by atoms with E-state index < -0.39 is 12.0 Å². The van der Waals surface area contributed by atoms with Gasteiger partial charge in [-0.2, -0.15) is 0 Å². The zero-order chi connectivity index (χ0) is 17.8. The maximum Gasteiger partial charge on any atom is 0.287 e. The Bertz CT molecular complexity index is 949. The normalized spacial score (nSPS) is 11.9. The molecule has 2 N–H and O–H groups in total. The number of ether oxygens (including phenoxy) is 1. The number of amides is 1. The van der Waals surface area contributed by atoms with Gasteiger partial charge in [-0.25, -0.2) is 0 Å². The molecule has 1 unspecified atom stereocenters. The molecule has 0 aliphatic rings. The van der Waals surface area contributed by atoms with Gasteiger partial charge in [0.1, 0.15) is 11.3 Å². The first-order valence-electron chi connectivity index (χ1n) is 7.71. The lowest BCUT2D eigenvalue weighted by molar-refractivity contribution is 0.0889. The van der Waals surface area contributed by atoms with E-state index in [4.69, 9.17) is 9.15 Å². The Hall–Kier alpha value is -3.12. The highest BCUT2D eigenvalue weighted by molar-refractivity contribution is 5.93. The van der Waals surface area contributed by atoms with Gasteiger partial charge in [0.25, 0.3) is 5.91 Å². The fraction of sp³-hybridized carbons (Fsp3) is 0.158. The van der Waals surface area contributed by atoms with Crippen molar-refractivity contribution in [2.45, 2.75) is 6.10 Å². The summed E-state index contributed by atoms with van der Waals surface area (Å²) in [5.74, 6) is -0.171. The Morgan fingerprint density at radius 1 is 1.20 bits per heavy atom. The van der Waals surface area contributed by atoms with Crippen molar-refractivity contribution in [3.63, 3.8) is 0 Å². The molecular weight excluding hydrogens is 322 g/mol. The topological polar surface area (TPSA) is 88.8 Å². The number of methoxy groups -OCH3 is 1. The summed E-state index contributed by atoms with van der Waals surface area (Å²) in [5, 5.41) is 13.0. The van der Waals surface area contributed by atoms with Crippen LogP contribution in [0.15, 0.2) is 63.8 Å². The molecule has 0 spiro atoms. The molecular formula is C19H17NO5. The first-order valence-corrected chi connectivity index (χ1v) is 7.71. The van der Waals surface area contributed by atoms with E-state index in [0.29, 0.717) is 16.7 Å². The largest absolute Gasteiger partial charge is 0.497 e. The number of fused-ring (bicyclic) bond motifs is 1. The third-order valence-corrected chi connectivity index (χ3v) is 3.80. The lowest BCUT2D eigenvalue weighted by atomic mass is 10.1. The molecule has 0 saturated carbocycles. The number of carbonyl (C=O) groups excluding carboxylic acids is 1. The Morgan fingerprint density at radius 2 is 1.96 bits per heavy atom. The number of nitrogens with one attached hydrogen (secondary N) is 1. The summed E-state index contributed by atoms with van der Waals surface area (Å²) in [4.78, 5) is 24.4. The Kier molecular flexibility index (Phi) is 4.81. The van der Waals surface area contributed by atoms with E-state index >= 15 is 0 Å². The average molecular weight is 339 g/mol. The van der Waals surface area contributed by atoms with E-state index in [0.717, 1.165) is 6.07 Å². The summed E-state index contributed by atoms with van der Waals surface area (Å²) in [6.45, 7) is 0.00268. The molecule has 0 radical (unpaired) electrons. The molecule has 6 nitrogen and oxygen atoms in total. The third kappa shape index (κ3) is 3.70. The van der Waals surface area contributed by atoms with Crippen LogP contribution in [0.4, 0.5) is 0 Å². The highest BCUT2D eigenvalue weighted by atomic mass is 16.5. The highest BCUT2D eigenvalue weighted by Gasteiger charge is 2.15. The Balaban J connectivity index is 1.79. The number of hydrogen-bond acceptors (Lipinski definition) is 5. The van der Waals surface area contributed by atoms with E-state index in [1.165, 1.54) is 7.11 Å². The molecule has 1 heterocycles. The number of aliphatic hydroxyl groups is 1. The van der Waals surface area contributed by atoms with Gasteiger partial charge in [-0.1, -0.05) is 30.3 Å². The second-order valence-corrected chi connectivity index (χ2v) is 5.47. The zero-order valence-corrected chi connectivity index (χ0v) is 13.6. The Morgan fingerprint density at radius 3 is 2.68 bits per heavy atom. The van der Waals surface area contributed by atoms with Gasteiger partial charge in [-0.05, 0) is 17.7 Å². The molecule has 0 fully saturated rings. The first kappa shape index (κ1) is 16.7. The fourth-order valence-corrected chi connectivity index (χ4v) is 2.44. The minimum atomic E-state index is -0.850. The molecule has 3 rings (SSSR count). The predicted molar refractivity (Wildman–Crippen MR) is 92.8 cm³/mol. The van der Waals surface area contributed by atoms with Crippen molar-refractivity contribution in [2.24, 2.45) is 0 Å². The molecule has 0 aliphatic heterocycles. The van der Waals surface area contributed by atoms with Gasteiger partial charge in [0.05, 0.1) is 18.6 Å². The second-order valence-electron chi connectivity index (χ2n) is 5.47. The van der Waals surface area contributed by atoms with Crippen molar-refractivity contribution in [3.8, 4) is 5.75 Å². The first-order chi connectivity index (χ1) is 12.1. The lowest BCUT2D eigenvalue weighted by Crippen LogP contribution is -2.29. The smallest absolute Gasteiger partial charge is 0.287 e. The van der Waals surface area contributed by atoms with E-state index in [-0.39, 0.29) is 23.3 Å². The maximum absolute atomic E-state index is 12.2. The number of hydrogen-bond donors (Lipinski definition) is 2. The molecule has 128 valence electrons. The minimum Gasteiger partial charge on any atom is -0.497 e. The summed E-state index contributed by atoms with van der Waals surface area (Å²) in [5.41, 5.74) is 0.630. The molecule has 0 bridgehead atoms. The van der Waals surface area contributed by atoms with Gasteiger partial charge >= 0.3 is 0 Å². The van der Waals surface area contributed by atoms with E-state index in [1.807, 2.05) is 6.07 Å². The van der Waals surface area contributed by atoms with Crippen molar-refractivity contribution in [2.75, 3.05) is 13.7 Å². The van der Waals surface area contributed by atoms with Gasteiger partial charge in [0.2, 0.25) is 0 Å². The van der Waals surface area contributed by atoms with Gasteiger partial charge in [-0.3, -0.25) is 9.59 Å². The van der Waals surface area contributed by atoms with Crippen LogP contribution in [0.5, 0.6) is 5.75 Å². The van der Waals surface area contributed by atoms with Gasteiger partial charge < -0.3 is 19.6 Å². The van der Waals surface area contributed by atoms with Crippen LogP contribution in [0, 0.1) is 0 Å². The molecule has 1 atom stereocenters. The second kappa shape index (κ2) is 7.19. The number of benzene rings is 2. The zero-order valence-electron chi connectivity index (χ0n) is 13.6. The van der Waals surface area contributed by atoms with Gasteiger partial charge in [0.15, 0.2) is 11.2 Å². The summed E-state index contributed by atoms with van der Waals surface area (Å²) < 4.78 is 10.6.